The van der Waals surface area contributed by atoms with Gasteiger partial charge in [0.15, 0.2) is 0 Å². The van der Waals surface area contributed by atoms with Crippen molar-refractivity contribution >= 4 is 0 Å². The smallest absolute Gasteiger partial charge is 0.0292 e. The molecule has 10 heavy (non-hydrogen) atoms. The largest absolute Gasteiger partial charge is 0.292 e. The van der Waals surface area contributed by atoms with Gasteiger partial charge in [0.2, 0.25) is 0 Å². The topological polar surface area (TPSA) is 3.24 Å². The summed E-state index contributed by atoms with van der Waals surface area (Å²) < 4.78 is 0. The molecule has 0 N–H and O–H groups in total. The summed E-state index contributed by atoms with van der Waals surface area (Å²) in [7, 11) is 0. The van der Waals surface area contributed by atoms with E-state index in [2.05, 4.69) is 38.3 Å². The van der Waals surface area contributed by atoms with E-state index in [1.807, 2.05) is 0 Å². The molecule has 0 aromatic rings. The molecule has 1 rings (SSSR count). The number of rotatable bonds is 1. The predicted octanol–water partition coefficient (Wildman–Crippen LogP) is 2.05. The van der Waals surface area contributed by atoms with Gasteiger partial charge in [-0.3, -0.25) is 4.90 Å². The first kappa shape index (κ1) is 7.80. The lowest BCUT2D eigenvalue weighted by Gasteiger charge is -2.48. The second-order valence-electron chi connectivity index (χ2n) is 3.96. The summed E-state index contributed by atoms with van der Waals surface area (Å²) in [5.74, 6) is 0. The van der Waals surface area contributed by atoms with Gasteiger partial charge in [0.1, 0.15) is 0 Å². The molecular formula is C9H17N. The highest BCUT2D eigenvalue weighted by molar-refractivity contribution is 5.00. The van der Waals surface area contributed by atoms with Gasteiger partial charge in [-0.2, -0.15) is 0 Å². The number of likely N-dealkylation sites (tertiary alicyclic amines) is 1. The van der Waals surface area contributed by atoms with E-state index in [0.29, 0.717) is 11.6 Å². The summed E-state index contributed by atoms with van der Waals surface area (Å²) in [5, 5.41) is 0. The molecular weight excluding hydrogens is 122 g/mol. The average molecular weight is 139 g/mol. The second kappa shape index (κ2) is 2.39. The van der Waals surface area contributed by atoms with Crippen LogP contribution in [0.15, 0.2) is 12.7 Å². The minimum Gasteiger partial charge on any atom is -0.292 e. The Balaban J connectivity index is 2.50. The zero-order chi connectivity index (χ0) is 7.78. The Morgan fingerprint density at radius 2 is 2.10 bits per heavy atom. The van der Waals surface area contributed by atoms with Crippen molar-refractivity contribution in [3.8, 4) is 0 Å². The monoisotopic (exact) mass is 139 g/mol. The fraction of sp³-hybridized carbons (Fsp3) is 0.778. The van der Waals surface area contributed by atoms with Crippen molar-refractivity contribution in [3.63, 3.8) is 0 Å². The zero-order valence-electron chi connectivity index (χ0n) is 7.22. The molecule has 0 aliphatic carbocycles. The number of hydrogen-bond donors (Lipinski definition) is 0. The summed E-state index contributed by atoms with van der Waals surface area (Å²) >= 11 is 0. The Morgan fingerprint density at radius 3 is 2.20 bits per heavy atom. The van der Waals surface area contributed by atoms with Gasteiger partial charge in [0.25, 0.3) is 0 Å². The van der Waals surface area contributed by atoms with Gasteiger partial charge < -0.3 is 0 Å². The van der Waals surface area contributed by atoms with Gasteiger partial charge in [-0.15, -0.1) is 6.58 Å². The summed E-state index contributed by atoms with van der Waals surface area (Å²) in [6, 6.07) is 0.639. The first-order chi connectivity index (χ1) is 4.55. The molecule has 1 aliphatic heterocycles. The van der Waals surface area contributed by atoms with Crippen LogP contribution in [0.5, 0.6) is 0 Å². The van der Waals surface area contributed by atoms with Crippen LogP contribution in [0.25, 0.3) is 0 Å². The maximum absolute atomic E-state index is 3.80. The SMILES string of the molecule is C=CC1CCN1C(C)(C)C. The molecule has 0 aromatic carbocycles. The maximum Gasteiger partial charge on any atom is 0.0292 e. The summed E-state index contributed by atoms with van der Waals surface area (Å²) in [4.78, 5) is 2.47. The first-order valence-corrected chi connectivity index (χ1v) is 3.95. The van der Waals surface area contributed by atoms with E-state index in [1.165, 1.54) is 13.0 Å². The quantitative estimate of drug-likeness (QED) is 0.502. The molecule has 1 atom stereocenters. The molecule has 0 saturated carbocycles. The van der Waals surface area contributed by atoms with E-state index < -0.39 is 0 Å². The standard InChI is InChI=1S/C9H17N/c1-5-8-6-7-10(8)9(2,3)4/h5,8H,1,6-7H2,2-4H3. The number of hydrogen-bond acceptors (Lipinski definition) is 1. The van der Waals surface area contributed by atoms with Gasteiger partial charge in [0.05, 0.1) is 0 Å². The van der Waals surface area contributed by atoms with E-state index in [4.69, 9.17) is 0 Å². The van der Waals surface area contributed by atoms with Crippen molar-refractivity contribution in [1.82, 2.24) is 4.90 Å². The molecule has 0 radical (unpaired) electrons. The highest BCUT2D eigenvalue weighted by Crippen LogP contribution is 2.27. The fourth-order valence-corrected chi connectivity index (χ4v) is 1.49. The summed E-state index contributed by atoms with van der Waals surface area (Å²) in [5.41, 5.74) is 0.330. The summed E-state index contributed by atoms with van der Waals surface area (Å²) in [6.07, 6.45) is 3.34. The van der Waals surface area contributed by atoms with Crippen molar-refractivity contribution in [1.29, 1.82) is 0 Å². The molecule has 1 fully saturated rings. The van der Waals surface area contributed by atoms with Crippen LogP contribution in [0, 0.1) is 0 Å². The Kier molecular flexibility index (Phi) is 1.86. The Labute approximate surface area is 63.7 Å². The van der Waals surface area contributed by atoms with Crippen LogP contribution in [-0.4, -0.2) is 23.0 Å². The van der Waals surface area contributed by atoms with Crippen LogP contribution >= 0.6 is 0 Å². The van der Waals surface area contributed by atoms with Crippen molar-refractivity contribution in [2.45, 2.75) is 38.8 Å². The van der Waals surface area contributed by atoms with E-state index in [-0.39, 0.29) is 0 Å². The van der Waals surface area contributed by atoms with Crippen molar-refractivity contribution in [3.05, 3.63) is 12.7 Å². The fourth-order valence-electron chi connectivity index (χ4n) is 1.49. The third-order valence-corrected chi connectivity index (χ3v) is 2.20. The maximum atomic E-state index is 3.80. The van der Waals surface area contributed by atoms with E-state index in [1.54, 1.807) is 0 Å². The molecule has 58 valence electrons. The predicted molar refractivity (Wildman–Crippen MR) is 45.1 cm³/mol. The van der Waals surface area contributed by atoms with Crippen LogP contribution in [0.4, 0.5) is 0 Å². The van der Waals surface area contributed by atoms with Crippen LogP contribution < -0.4 is 0 Å². The first-order valence-electron chi connectivity index (χ1n) is 3.95. The number of nitrogens with zero attached hydrogens (tertiary/aromatic N) is 1. The van der Waals surface area contributed by atoms with Gasteiger partial charge in [-0.1, -0.05) is 6.08 Å². The zero-order valence-corrected chi connectivity index (χ0v) is 7.22. The van der Waals surface area contributed by atoms with Gasteiger partial charge in [-0.25, -0.2) is 0 Å². The normalized spacial score (nSPS) is 27.7. The lowest BCUT2D eigenvalue weighted by molar-refractivity contribution is 0.0275. The lowest BCUT2D eigenvalue weighted by Crippen LogP contribution is -2.56. The third kappa shape index (κ3) is 1.24. The highest BCUT2D eigenvalue weighted by Gasteiger charge is 2.33. The van der Waals surface area contributed by atoms with Crippen LogP contribution in [0.2, 0.25) is 0 Å². The molecule has 1 saturated heterocycles. The molecule has 1 heteroatoms. The highest BCUT2D eigenvalue weighted by atomic mass is 15.3. The third-order valence-electron chi connectivity index (χ3n) is 2.20. The molecule has 0 bridgehead atoms. The summed E-state index contributed by atoms with van der Waals surface area (Å²) in [6.45, 7) is 11.8. The van der Waals surface area contributed by atoms with Crippen molar-refractivity contribution < 1.29 is 0 Å². The molecule has 1 nitrogen and oxygen atoms in total. The molecule has 0 spiro atoms. The minimum atomic E-state index is 0.330. The minimum absolute atomic E-state index is 0.330. The average Bonchev–Trinajstić information content (AvgIpc) is 1.57. The molecule has 1 aliphatic rings. The van der Waals surface area contributed by atoms with Crippen LogP contribution in [-0.2, 0) is 0 Å². The lowest BCUT2D eigenvalue weighted by atomic mass is 9.93. The Morgan fingerprint density at radius 1 is 1.50 bits per heavy atom. The van der Waals surface area contributed by atoms with Crippen molar-refractivity contribution in [2.75, 3.05) is 6.54 Å². The Bertz CT molecular complexity index is 132. The molecule has 0 aromatic heterocycles. The molecule has 1 unspecified atom stereocenters. The van der Waals surface area contributed by atoms with E-state index in [0.717, 1.165) is 0 Å². The molecule has 0 amide bonds. The van der Waals surface area contributed by atoms with Gasteiger partial charge in [0, 0.05) is 18.1 Å². The van der Waals surface area contributed by atoms with Gasteiger partial charge >= 0.3 is 0 Å². The van der Waals surface area contributed by atoms with Gasteiger partial charge in [-0.05, 0) is 27.2 Å². The van der Waals surface area contributed by atoms with Crippen LogP contribution in [0.1, 0.15) is 27.2 Å². The van der Waals surface area contributed by atoms with E-state index >= 15 is 0 Å². The second-order valence-corrected chi connectivity index (χ2v) is 3.96. The van der Waals surface area contributed by atoms with Crippen LogP contribution in [0.3, 0.4) is 0 Å². The van der Waals surface area contributed by atoms with Crippen molar-refractivity contribution in [2.24, 2.45) is 0 Å². The van der Waals surface area contributed by atoms with E-state index in [9.17, 15) is 0 Å². The Hall–Kier alpha value is -0.300. The molecule has 1 heterocycles.